The normalized spacial score (nSPS) is 13.7. The highest BCUT2D eigenvalue weighted by Crippen LogP contribution is 2.07. The molecule has 0 saturated carbocycles. The van der Waals surface area contributed by atoms with E-state index < -0.39 is 0 Å². The van der Waals surface area contributed by atoms with Crippen LogP contribution in [0, 0.1) is 0 Å². The first-order chi connectivity index (χ1) is 4.31. The van der Waals surface area contributed by atoms with Crippen LogP contribution in [0.15, 0.2) is 0 Å². The third kappa shape index (κ3) is 6.13. The summed E-state index contributed by atoms with van der Waals surface area (Å²) in [6.07, 6.45) is 3.42. The molecule has 0 aliphatic heterocycles. The Bertz CT molecular complexity index is 56.9. The number of hydrogen-bond acceptors (Lipinski definition) is 1. The van der Waals surface area contributed by atoms with Gasteiger partial charge >= 0.3 is 0 Å². The lowest BCUT2D eigenvalue weighted by molar-refractivity contribution is 0.640. The Kier molecular flexibility index (Phi) is 6.55. The van der Waals surface area contributed by atoms with E-state index in [1.165, 1.54) is 6.42 Å². The summed E-state index contributed by atoms with van der Waals surface area (Å²) in [7, 11) is 1.97. The maximum absolute atomic E-state index is 5.87. The summed E-state index contributed by atoms with van der Waals surface area (Å²) in [5, 5.41) is 3.48. The summed E-state index contributed by atoms with van der Waals surface area (Å²) >= 11 is 5.87. The van der Waals surface area contributed by atoms with Gasteiger partial charge in [-0.1, -0.05) is 6.92 Å². The largest absolute Gasteiger partial charge is 0.320 e. The Balaban J connectivity index is 2.88. The fourth-order valence-corrected chi connectivity index (χ4v) is 0.859. The first-order valence-corrected chi connectivity index (χ1v) is 4.03. The second kappa shape index (κ2) is 6.37. The van der Waals surface area contributed by atoms with Crippen LogP contribution in [-0.2, 0) is 0 Å². The lowest BCUT2D eigenvalue weighted by atomic mass is 10.2. The van der Waals surface area contributed by atoms with Crippen molar-refractivity contribution in [3.8, 4) is 0 Å². The van der Waals surface area contributed by atoms with Gasteiger partial charge < -0.3 is 5.32 Å². The molecule has 0 aliphatic carbocycles. The highest BCUT2D eigenvalue weighted by atomic mass is 35.5. The standard InChI is InChI=1S/C7H16ClN/c1-3-7(8)5-4-6-9-2/h7,9H,3-6H2,1-2H3. The van der Waals surface area contributed by atoms with E-state index in [1.807, 2.05) is 7.05 Å². The molecule has 0 rings (SSSR count). The third-order valence-corrected chi connectivity index (χ3v) is 1.91. The van der Waals surface area contributed by atoms with Gasteiger partial charge in [-0.2, -0.15) is 0 Å². The van der Waals surface area contributed by atoms with Crippen LogP contribution in [0.2, 0.25) is 0 Å². The van der Waals surface area contributed by atoms with Crippen LogP contribution in [0.4, 0.5) is 0 Å². The van der Waals surface area contributed by atoms with Gasteiger partial charge in [-0.05, 0) is 32.9 Å². The monoisotopic (exact) mass is 149 g/mol. The summed E-state index contributed by atoms with van der Waals surface area (Å²) in [6.45, 7) is 3.21. The van der Waals surface area contributed by atoms with E-state index in [1.54, 1.807) is 0 Å². The van der Waals surface area contributed by atoms with E-state index in [2.05, 4.69) is 12.2 Å². The van der Waals surface area contributed by atoms with Crippen molar-refractivity contribution in [1.82, 2.24) is 5.32 Å². The molecule has 56 valence electrons. The molecular weight excluding hydrogens is 134 g/mol. The molecule has 0 radical (unpaired) electrons. The van der Waals surface area contributed by atoms with Crippen LogP contribution >= 0.6 is 11.6 Å². The van der Waals surface area contributed by atoms with E-state index in [-0.39, 0.29) is 0 Å². The maximum atomic E-state index is 5.87. The molecule has 0 fully saturated rings. The van der Waals surface area contributed by atoms with Crippen LogP contribution in [0.3, 0.4) is 0 Å². The Morgan fingerprint density at radius 2 is 2.22 bits per heavy atom. The zero-order valence-corrected chi connectivity index (χ0v) is 7.04. The zero-order valence-electron chi connectivity index (χ0n) is 6.28. The molecule has 0 aliphatic rings. The van der Waals surface area contributed by atoms with Gasteiger partial charge in [-0.15, -0.1) is 11.6 Å². The van der Waals surface area contributed by atoms with Crippen LogP contribution in [0.5, 0.6) is 0 Å². The summed E-state index contributed by atoms with van der Waals surface area (Å²) in [4.78, 5) is 0. The Labute approximate surface area is 62.8 Å². The van der Waals surface area contributed by atoms with Crippen molar-refractivity contribution in [2.45, 2.75) is 31.6 Å². The highest BCUT2D eigenvalue weighted by molar-refractivity contribution is 6.20. The lowest BCUT2D eigenvalue weighted by Crippen LogP contribution is -2.09. The van der Waals surface area contributed by atoms with Crippen molar-refractivity contribution in [2.75, 3.05) is 13.6 Å². The average Bonchev–Trinajstić information content (AvgIpc) is 1.89. The van der Waals surface area contributed by atoms with Crippen molar-refractivity contribution < 1.29 is 0 Å². The SMILES string of the molecule is CCC(Cl)CCCNC. The van der Waals surface area contributed by atoms with Crippen molar-refractivity contribution in [3.63, 3.8) is 0 Å². The Morgan fingerprint density at radius 3 is 2.67 bits per heavy atom. The average molecular weight is 150 g/mol. The van der Waals surface area contributed by atoms with E-state index in [9.17, 15) is 0 Å². The maximum Gasteiger partial charge on any atom is 0.0333 e. The quantitative estimate of drug-likeness (QED) is 0.466. The number of halogens is 1. The lowest BCUT2D eigenvalue weighted by Gasteiger charge is -2.03. The minimum Gasteiger partial charge on any atom is -0.320 e. The number of rotatable bonds is 5. The molecule has 0 bridgehead atoms. The number of nitrogens with one attached hydrogen (secondary N) is 1. The summed E-state index contributed by atoms with van der Waals surface area (Å²) in [6, 6.07) is 0. The molecule has 9 heavy (non-hydrogen) atoms. The van der Waals surface area contributed by atoms with Gasteiger partial charge in [-0.3, -0.25) is 0 Å². The fraction of sp³-hybridized carbons (Fsp3) is 1.00. The van der Waals surface area contributed by atoms with Crippen LogP contribution in [0.1, 0.15) is 26.2 Å². The molecule has 0 spiro atoms. The summed E-state index contributed by atoms with van der Waals surface area (Å²) < 4.78 is 0. The molecule has 0 heterocycles. The summed E-state index contributed by atoms with van der Waals surface area (Å²) in [5.74, 6) is 0. The van der Waals surface area contributed by atoms with E-state index in [0.29, 0.717) is 5.38 Å². The third-order valence-electron chi connectivity index (χ3n) is 1.39. The topological polar surface area (TPSA) is 12.0 Å². The van der Waals surface area contributed by atoms with Gasteiger partial charge in [0.1, 0.15) is 0 Å². The van der Waals surface area contributed by atoms with Crippen LogP contribution in [0.25, 0.3) is 0 Å². The zero-order chi connectivity index (χ0) is 7.11. The molecular formula is C7H16ClN. The fourth-order valence-electron chi connectivity index (χ4n) is 0.704. The second-order valence-electron chi connectivity index (χ2n) is 2.25. The van der Waals surface area contributed by atoms with Crippen molar-refractivity contribution in [3.05, 3.63) is 0 Å². The predicted molar refractivity (Wildman–Crippen MR) is 43.1 cm³/mol. The number of alkyl halides is 1. The second-order valence-corrected chi connectivity index (χ2v) is 2.87. The number of hydrogen-bond donors (Lipinski definition) is 1. The van der Waals surface area contributed by atoms with Crippen LogP contribution in [-0.4, -0.2) is 19.0 Å². The molecule has 0 amide bonds. The Morgan fingerprint density at radius 1 is 1.56 bits per heavy atom. The van der Waals surface area contributed by atoms with Crippen LogP contribution < -0.4 is 5.32 Å². The molecule has 1 atom stereocenters. The van der Waals surface area contributed by atoms with E-state index in [0.717, 1.165) is 19.4 Å². The first-order valence-electron chi connectivity index (χ1n) is 3.60. The highest BCUT2D eigenvalue weighted by Gasteiger charge is 1.98. The predicted octanol–water partition coefficient (Wildman–Crippen LogP) is 2.00. The van der Waals surface area contributed by atoms with E-state index >= 15 is 0 Å². The first kappa shape index (κ1) is 9.25. The molecule has 1 nitrogen and oxygen atoms in total. The molecule has 0 aromatic carbocycles. The molecule has 0 aromatic rings. The van der Waals surface area contributed by atoms with Crippen molar-refractivity contribution in [1.29, 1.82) is 0 Å². The van der Waals surface area contributed by atoms with Gasteiger partial charge in [0.2, 0.25) is 0 Å². The van der Waals surface area contributed by atoms with Gasteiger partial charge in [0, 0.05) is 5.38 Å². The summed E-state index contributed by atoms with van der Waals surface area (Å²) in [5.41, 5.74) is 0. The minimum atomic E-state index is 0.387. The molecule has 1 N–H and O–H groups in total. The smallest absolute Gasteiger partial charge is 0.0333 e. The van der Waals surface area contributed by atoms with Crippen molar-refractivity contribution in [2.24, 2.45) is 0 Å². The molecule has 1 unspecified atom stereocenters. The molecule has 0 aromatic heterocycles. The van der Waals surface area contributed by atoms with Gasteiger partial charge in [0.15, 0.2) is 0 Å². The molecule has 2 heteroatoms. The van der Waals surface area contributed by atoms with Gasteiger partial charge in [0.05, 0.1) is 0 Å². The van der Waals surface area contributed by atoms with Crippen molar-refractivity contribution >= 4 is 11.6 Å². The minimum absolute atomic E-state index is 0.387. The Hall–Kier alpha value is 0.250. The van der Waals surface area contributed by atoms with Gasteiger partial charge in [-0.25, -0.2) is 0 Å². The van der Waals surface area contributed by atoms with E-state index in [4.69, 9.17) is 11.6 Å². The van der Waals surface area contributed by atoms with Gasteiger partial charge in [0.25, 0.3) is 0 Å². The molecule has 0 saturated heterocycles.